The molecule has 0 aliphatic carbocycles. The van der Waals surface area contributed by atoms with E-state index in [-0.39, 0.29) is 5.82 Å². The van der Waals surface area contributed by atoms with Crippen LogP contribution in [0.15, 0.2) is 34.6 Å². The molecule has 0 amide bonds. The number of pyridine rings is 1. The molecule has 2 rings (SSSR count). The van der Waals surface area contributed by atoms with Crippen LogP contribution in [-0.4, -0.2) is 15.0 Å². The summed E-state index contributed by atoms with van der Waals surface area (Å²) >= 11 is 7.30. The first kappa shape index (κ1) is 11.0. The SMILES string of the molecule is Nc1nccnc1Sc1ccnc(N)c1Cl. The molecular weight excluding hydrogens is 246 g/mol. The van der Waals surface area contributed by atoms with Crippen molar-refractivity contribution in [3.63, 3.8) is 0 Å². The lowest BCUT2D eigenvalue weighted by Gasteiger charge is -2.05. The number of nitrogen functional groups attached to an aromatic ring is 2. The molecule has 0 atom stereocenters. The van der Waals surface area contributed by atoms with E-state index in [1.165, 1.54) is 18.0 Å². The van der Waals surface area contributed by atoms with Crippen LogP contribution in [0.4, 0.5) is 11.6 Å². The molecule has 2 aromatic rings. The van der Waals surface area contributed by atoms with Gasteiger partial charge in [0.2, 0.25) is 0 Å². The van der Waals surface area contributed by atoms with Crippen LogP contribution < -0.4 is 11.5 Å². The van der Waals surface area contributed by atoms with Gasteiger partial charge >= 0.3 is 0 Å². The number of nitrogens with two attached hydrogens (primary N) is 2. The van der Waals surface area contributed by atoms with Crippen molar-refractivity contribution < 1.29 is 0 Å². The monoisotopic (exact) mass is 253 g/mol. The maximum atomic E-state index is 6.00. The Kier molecular flexibility index (Phi) is 3.12. The molecular formula is C9H8ClN5S. The van der Waals surface area contributed by atoms with Crippen molar-refractivity contribution in [1.82, 2.24) is 15.0 Å². The summed E-state index contributed by atoms with van der Waals surface area (Å²) in [5, 5.41) is 0.993. The van der Waals surface area contributed by atoms with Crippen molar-refractivity contribution in [2.75, 3.05) is 11.5 Å². The van der Waals surface area contributed by atoms with Crippen LogP contribution in [0.5, 0.6) is 0 Å². The van der Waals surface area contributed by atoms with Crippen molar-refractivity contribution in [3.8, 4) is 0 Å². The molecule has 0 saturated heterocycles. The van der Waals surface area contributed by atoms with E-state index in [1.54, 1.807) is 18.5 Å². The van der Waals surface area contributed by atoms with Gasteiger partial charge in [0.1, 0.15) is 10.8 Å². The highest BCUT2D eigenvalue weighted by Crippen LogP contribution is 2.35. The summed E-state index contributed by atoms with van der Waals surface area (Å²) in [6.45, 7) is 0. The average Bonchev–Trinajstić information content (AvgIpc) is 2.28. The molecule has 0 saturated carbocycles. The van der Waals surface area contributed by atoms with Gasteiger partial charge in [0.25, 0.3) is 0 Å². The van der Waals surface area contributed by atoms with Crippen LogP contribution in [0.1, 0.15) is 0 Å². The second-order valence-corrected chi connectivity index (χ2v) is 4.27. The van der Waals surface area contributed by atoms with Crippen LogP contribution >= 0.6 is 23.4 Å². The zero-order chi connectivity index (χ0) is 11.5. The van der Waals surface area contributed by atoms with E-state index in [1.807, 2.05) is 0 Å². The second kappa shape index (κ2) is 4.54. The van der Waals surface area contributed by atoms with Crippen LogP contribution in [0.3, 0.4) is 0 Å². The quantitative estimate of drug-likeness (QED) is 0.849. The van der Waals surface area contributed by atoms with Gasteiger partial charge in [-0.25, -0.2) is 15.0 Å². The molecule has 0 radical (unpaired) electrons. The van der Waals surface area contributed by atoms with Gasteiger partial charge in [0, 0.05) is 23.5 Å². The van der Waals surface area contributed by atoms with Gasteiger partial charge in [-0.05, 0) is 6.07 Å². The topological polar surface area (TPSA) is 90.7 Å². The zero-order valence-corrected chi connectivity index (χ0v) is 9.66. The number of hydrogen-bond donors (Lipinski definition) is 2. The highest BCUT2D eigenvalue weighted by Gasteiger charge is 2.09. The van der Waals surface area contributed by atoms with Crippen molar-refractivity contribution in [3.05, 3.63) is 29.7 Å². The van der Waals surface area contributed by atoms with E-state index in [9.17, 15) is 0 Å². The lowest BCUT2D eigenvalue weighted by Crippen LogP contribution is -1.96. The van der Waals surface area contributed by atoms with Gasteiger partial charge in [-0.3, -0.25) is 0 Å². The molecule has 0 aromatic carbocycles. The minimum atomic E-state index is 0.286. The molecule has 0 bridgehead atoms. The molecule has 0 unspecified atom stereocenters. The van der Waals surface area contributed by atoms with Crippen LogP contribution in [0.2, 0.25) is 5.02 Å². The second-order valence-electron chi connectivity index (χ2n) is 2.86. The molecule has 2 heterocycles. The summed E-state index contributed by atoms with van der Waals surface area (Å²) in [5.41, 5.74) is 11.3. The molecule has 0 spiro atoms. The molecule has 82 valence electrons. The first-order chi connectivity index (χ1) is 7.68. The number of aromatic nitrogens is 3. The summed E-state index contributed by atoms with van der Waals surface area (Å²) in [6, 6.07) is 1.75. The lowest BCUT2D eigenvalue weighted by molar-refractivity contribution is 1.07. The average molecular weight is 254 g/mol. The van der Waals surface area contributed by atoms with E-state index >= 15 is 0 Å². The maximum Gasteiger partial charge on any atom is 0.156 e. The van der Waals surface area contributed by atoms with Crippen molar-refractivity contribution in [1.29, 1.82) is 0 Å². The molecule has 2 aromatic heterocycles. The van der Waals surface area contributed by atoms with Gasteiger partial charge in [-0.2, -0.15) is 0 Å². The van der Waals surface area contributed by atoms with Crippen LogP contribution in [0.25, 0.3) is 0 Å². The van der Waals surface area contributed by atoms with Crippen molar-refractivity contribution in [2.24, 2.45) is 0 Å². The van der Waals surface area contributed by atoms with E-state index in [0.717, 1.165) is 4.90 Å². The Labute approximate surface area is 101 Å². The maximum absolute atomic E-state index is 6.00. The van der Waals surface area contributed by atoms with Crippen molar-refractivity contribution >= 4 is 35.0 Å². The number of halogens is 1. The predicted octanol–water partition coefficient (Wildman–Crippen LogP) is 1.84. The normalized spacial score (nSPS) is 10.3. The van der Waals surface area contributed by atoms with Gasteiger partial charge in [-0.15, -0.1) is 0 Å². The summed E-state index contributed by atoms with van der Waals surface area (Å²) < 4.78 is 0. The molecule has 16 heavy (non-hydrogen) atoms. The van der Waals surface area contributed by atoms with E-state index in [0.29, 0.717) is 15.9 Å². The largest absolute Gasteiger partial charge is 0.382 e. The highest BCUT2D eigenvalue weighted by molar-refractivity contribution is 7.99. The Morgan fingerprint density at radius 1 is 1.00 bits per heavy atom. The van der Waals surface area contributed by atoms with E-state index < -0.39 is 0 Å². The van der Waals surface area contributed by atoms with E-state index in [4.69, 9.17) is 23.1 Å². The Balaban J connectivity index is 2.35. The standard InChI is InChI=1S/C9H8ClN5S/c10-6-5(1-2-13-7(6)11)16-9-8(12)14-3-4-15-9/h1-4H,(H2,11,13)(H2,12,14). The third-order valence-electron chi connectivity index (χ3n) is 1.78. The van der Waals surface area contributed by atoms with Crippen molar-refractivity contribution in [2.45, 2.75) is 9.92 Å². The number of hydrogen-bond acceptors (Lipinski definition) is 6. The fourth-order valence-corrected chi connectivity index (χ4v) is 2.07. The molecule has 0 aliphatic heterocycles. The Bertz CT molecular complexity index is 519. The van der Waals surface area contributed by atoms with Gasteiger partial charge in [-0.1, -0.05) is 23.4 Å². The first-order valence-electron chi connectivity index (χ1n) is 4.33. The molecule has 5 nitrogen and oxygen atoms in total. The Morgan fingerprint density at radius 3 is 2.44 bits per heavy atom. The fraction of sp³-hybridized carbons (Fsp3) is 0. The fourth-order valence-electron chi connectivity index (χ4n) is 1.04. The summed E-state index contributed by atoms with van der Waals surface area (Å²) in [6.07, 6.45) is 4.68. The molecule has 0 aliphatic rings. The summed E-state index contributed by atoms with van der Waals surface area (Å²) in [4.78, 5) is 12.7. The summed E-state index contributed by atoms with van der Waals surface area (Å²) in [7, 11) is 0. The highest BCUT2D eigenvalue weighted by atomic mass is 35.5. The third kappa shape index (κ3) is 2.17. The summed E-state index contributed by atoms with van der Waals surface area (Å²) in [5.74, 6) is 0.646. The van der Waals surface area contributed by atoms with Gasteiger partial charge in [0.05, 0.1) is 5.02 Å². The van der Waals surface area contributed by atoms with Crippen LogP contribution in [-0.2, 0) is 0 Å². The molecule has 0 fully saturated rings. The Morgan fingerprint density at radius 2 is 1.69 bits per heavy atom. The van der Waals surface area contributed by atoms with Gasteiger partial charge in [0.15, 0.2) is 5.82 Å². The Hall–Kier alpha value is -1.53. The smallest absolute Gasteiger partial charge is 0.156 e. The minimum Gasteiger partial charge on any atom is -0.382 e. The minimum absolute atomic E-state index is 0.286. The molecule has 7 heteroatoms. The number of anilines is 2. The first-order valence-corrected chi connectivity index (χ1v) is 5.52. The van der Waals surface area contributed by atoms with Crippen LogP contribution in [0, 0.1) is 0 Å². The van der Waals surface area contributed by atoms with Gasteiger partial charge < -0.3 is 11.5 Å². The third-order valence-corrected chi connectivity index (χ3v) is 3.36. The number of rotatable bonds is 2. The number of nitrogens with zero attached hydrogens (tertiary/aromatic N) is 3. The predicted molar refractivity (Wildman–Crippen MR) is 64.2 cm³/mol. The zero-order valence-electron chi connectivity index (χ0n) is 8.09. The molecule has 4 N–H and O–H groups in total. The van der Waals surface area contributed by atoms with E-state index in [2.05, 4.69) is 15.0 Å². The lowest BCUT2D eigenvalue weighted by atomic mass is 10.5.